The highest BCUT2D eigenvalue weighted by molar-refractivity contribution is 6.58. The molecule has 0 radical (unpaired) electrons. The topological polar surface area (TPSA) is 40.5 Å². The molecule has 1 rings (SSSR count). The molecule has 0 saturated heterocycles. The summed E-state index contributed by atoms with van der Waals surface area (Å²) in [5.74, 6) is -0.422. The molecule has 0 heterocycles. The molecule has 0 bridgehead atoms. The Morgan fingerprint density at radius 1 is 1.42 bits per heavy atom. The molecule has 4 heteroatoms. The SMILES string of the molecule is C=Cc1cc(B(O)O)ccc1F. The second-order valence-electron chi connectivity index (χ2n) is 2.36. The lowest BCUT2D eigenvalue weighted by atomic mass is 9.79. The molecule has 12 heavy (non-hydrogen) atoms. The molecule has 1 aromatic carbocycles. The zero-order valence-electron chi connectivity index (χ0n) is 6.37. The van der Waals surface area contributed by atoms with Crippen LogP contribution in [-0.4, -0.2) is 17.2 Å². The van der Waals surface area contributed by atoms with Gasteiger partial charge in [-0.1, -0.05) is 24.8 Å². The predicted octanol–water partition coefficient (Wildman–Crippen LogP) is 0.149. The lowest BCUT2D eigenvalue weighted by Gasteiger charge is -2.01. The summed E-state index contributed by atoms with van der Waals surface area (Å²) in [7, 11) is -1.57. The summed E-state index contributed by atoms with van der Waals surface area (Å²) < 4.78 is 12.8. The normalized spacial score (nSPS) is 9.58. The summed E-state index contributed by atoms with van der Waals surface area (Å²) in [4.78, 5) is 0. The van der Waals surface area contributed by atoms with Gasteiger partial charge >= 0.3 is 7.12 Å². The Kier molecular flexibility index (Phi) is 2.63. The largest absolute Gasteiger partial charge is 0.488 e. The molecule has 0 unspecified atom stereocenters. The molecule has 0 aliphatic heterocycles. The lowest BCUT2D eigenvalue weighted by molar-refractivity contribution is 0.425. The molecule has 0 aliphatic carbocycles. The van der Waals surface area contributed by atoms with Gasteiger partial charge in [0.15, 0.2) is 0 Å². The Bertz CT molecular complexity index is 299. The van der Waals surface area contributed by atoms with Crippen molar-refractivity contribution in [3.05, 3.63) is 36.2 Å². The Morgan fingerprint density at radius 2 is 2.08 bits per heavy atom. The van der Waals surface area contributed by atoms with E-state index in [-0.39, 0.29) is 11.0 Å². The van der Waals surface area contributed by atoms with E-state index in [2.05, 4.69) is 6.58 Å². The van der Waals surface area contributed by atoms with Crippen LogP contribution in [0.1, 0.15) is 5.56 Å². The second-order valence-corrected chi connectivity index (χ2v) is 2.36. The summed E-state index contributed by atoms with van der Waals surface area (Å²) in [6.45, 7) is 3.39. The fraction of sp³-hybridized carbons (Fsp3) is 0. The Morgan fingerprint density at radius 3 is 2.58 bits per heavy atom. The van der Waals surface area contributed by atoms with Crippen molar-refractivity contribution in [3.63, 3.8) is 0 Å². The first kappa shape index (κ1) is 8.97. The monoisotopic (exact) mass is 166 g/mol. The van der Waals surface area contributed by atoms with Gasteiger partial charge in [-0.15, -0.1) is 0 Å². The highest BCUT2D eigenvalue weighted by atomic mass is 19.1. The van der Waals surface area contributed by atoms with E-state index in [0.29, 0.717) is 0 Å². The van der Waals surface area contributed by atoms with Crippen LogP contribution in [0.15, 0.2) is 24.8 Å². The third-order valence-corrected chi connectivity index (χ3v) is 1.54. The van der Waals surface area contributed by atoms with E-state index in [1.54, 1.807) is 0 Å². The standard InChI is InChI=1S/C8H8BFO2/c1-2-6-5-7(9(11)12)3-4-8(6)10/h2-5,11-12H,1H2. The summed E-state index contributed by atoms with van der Waals surface area (Å²) in [5, 5.41) is 17.5. The number of hydrogen-bond donors (Lipinski definition) is 2. The Labute approximate surface area is 70.1 Å². The van der Waals surface area contributed by atoms with Crippen LogP contribution in [0, 0.1) is 5.82 Å². The minimum absolute atomic E-state index is 0.256. The average molecular weight is 166 g/mol. The fourth-order valence-electron chi connectivity index (χ4n) is 0.879. The van der Waals surface area contributed by atoms with Gasteiger partial charge in [0.2, 0.25) is 0 Å². The van der Waals surface area contributed by atoms with E-state index in [0.717, 1.165) is 0 Å². The predicted molar refractivity (Wildman–Crippen MR) is 46.3 cm³/mol. The maximum absolute atomic E-state index is 12.8. The molecule has 0 spiro atoms. The molecular formula is C8H8BFO2. The van der Waals surface area contributed by atoms with Crippen molar-refractivity contribution in [1.82, 2.24) is 0 Å². The summed E-state index contributed by atoms with van der Waals surface area (Å²) >= 11 is 0. The first-order valence-corrected chi connectivity index (χ1v) is 3.43. The van der Waals surface area contributed by atoms with Gasteiger partial charge in [-0.05, 0) is 11.5 Å². The quantitative estimate of drug-likeness (QED) is 0.613. The number of rotatable bonds is 2. The van der Waals surface area contributed by atoms with Crippen molar-refractivity contribution < 1.29 is 14.4 Å². The van der Waals surface area contributed by atoms with Gasteiger partial charge < -0.3 is 10.0 Å². The van der Waals surface area contributed by atoms with Crippen molar-refractivity contribution in [2.75, 3.05) is 0 Å². The van der Waals surface area contributed by atoms with Crippen molar-refractivity contribution in [2.24, 2.45) is 0 Å². The second kappa shape index (κ2) is 3.52. The first-order chi connectivity index (χ1) is 5.65. The van der Waals surface area contributed by atoms with Crippen molar-refractivity contribution in [2.45, 2.75) is 0 Å². The van der Waals surface area contributed by atoms with E-state index in [1.165, 1.54) is 24.3 Å². The third kappa shape index (κ3) is 1.72. The van der Waals surface area contributed by atoms with E-state index in [9.17, 15) is 4.39 Å². The molecule has 0 aromatic heterocycles. The van der Waals surface area contributed by atoms with Crippen LogP contribution in [0.2, 0.25) is 0 Å². The first-order valence-electron chi connectivity index (χ1n) is 3.43. The van der Waals surface area contributed by atoms with Gasteiger partial charge in [0.05, 0.1) is 0 Å². The molecule has 0 amide bonds. The van der Waals surface area contributed by atoms with Crippen molar-refractivity contribution >= 4 is 18.7 Å². The van der Waals surface area contributed by atoms with E-state index in [1.807, 2.05) is 0 Å². The van der Waals surface area contributed by atoms with Crippen molar-refractivity contribution in [1.29, 1.82) is 0 Å². The average Bonchev–Trinajstić information content (AvgIpc) is 2.05. The van der Waals surface area contributed by atoms with Crippen LogP contribution in [0.4, 0.5) is 4.39 Å². The van der Waals surface area contributed by atoms with Crippen LogP contribution in [0.3, 0.4) is 0 Å². The number of halogens is 1. The lowest BCUT2D eigenvalue weighted by Crippen LogP contribution is -2.29. The van der Waals surface area contributed by atoms with E-state index < -0.39 is 12.9 Å². The summed E-state index contributed by atoms with van der Waals surface area (Å²) in [5.41, 5.74) is 0.520. The molecule has 2 nitrogen and oxygen atoms in total. The van der Waals surface area contributed by atoms with Gasteiger partial charge in [-0.3, -0.25) is 0 Å². The van der Waals surface area contributed by atoms with Gasteiger partial charge in [-0.2, -0.15) is 0 Å². The zero-order chi connectivity index (χ0) is 9.14. The smallest absolute Gasteiger partial charge is 0.423 e. The zero-order valence-corrected chi connectivity index (χ0v) is 6.37. The third-order valence-electron chi connectivity index (χ3n) is 1.54. The molecular weight excluding hydrogens is 158 g/mol. The van der Waals surface area contributed by atoms with E-state index >= 15 is 0 Å². The minimum atomic E-state index is -1.57. The highest BCUT2D eigenvalue weighted by Gasteiger charge is 2.11. The van der Waals surface area contributed by atoms with Gasteiger partial charge in [0.1, 0.15) is 5.82 Å². The van der Waals surface area contributed by atoms with Crippen molar-refractivity contribution in [3.8, 4) is 0 Å². The van der Waals surface area contributed by atoms with Crippen LogP contribution in [0.25, 0.3) is 6.08 Å². The number of hydrogen-bond acceptors (Lipinski definition) is 2. The van der Waals surface area contributed by atoms with Gasteiger partial charge in [0, 0.05) is 5.56 Å². The molecule has 0 atom stereocenters. The number of benzene rings is 1. The minimum Gasteiger partial charge on any atom is -0.423 e. The maximum Gasteiger partial charge on any atom is 0.488 e. The van der Waals surface area contributed by atoms with Crippen LogP contribution in [-0.2, 0) is 0 Å². The van der Waals surface area contributed by atoms with Crippen LogP contribution >= 0.6 is 0 Å². The van der Waals surface area contributed by atoms with Crippen LogP contribution in [0.5, 0.6) is 0 Å². The molecule has 62 valence electrons. The Balaban J connectivity index is 3.13. The summed E-state index contributed by atoms with van der Waals surface area (Å²) in [6.07, 6.45) is 1.32. The molecule has 2 N–H and O–H groups in total. The van der Waals surface area contributed by atoms with E-state index in [4.69, 9.17) is 10.0 Å². The molecule has 1 aromatic rings. The molecule has 0 fully saturated rings. The summed E-state index contributed by atoms with van der Waals surface area (Å²) in [6, 6.07) is 3.83. The maximum atomic E-state index is 12.8. The van der Waals surface area contributed by atoms with Gasteiger partial charge in [0.25, 0.3) is 0 Å². The van der Waals surface area contributed by atoms with Gasteiger partial charge in [-0.25, -0.2) is 4.39 Å². The molecule has 0 aliphatic rings. The Hall–Kier alpha value is -1.13. The fourth-order valence-corrected chi connectivity index (χ4v) is 0.879. The van der Waals surface area contributed by atoms with Crippen LogP contribution < -0.4 is 5.46 Å². The molecule has 0 saturated carbocycles. The highest BCUT2D eigenvalue weighted by Crippen LogP contribution is 2.05.